The Labute approximate surface area is 126 Å². The third-order valence-electron chi connectivity index (χ3n) is 4.64. The summed E-state index contributed by atoms with van der Waals surface area (Å²) in [5, 5.41) is 6.43. The Bertz CT molecular complexity index is 501. The predicted octanol–water partition coefficient (Wildman–Crippen LogP) is 2.29. The van der Waals surface area contributed by atoms with E-state index in [0.717, 1.165) is 19.5 Å². The van der Waals surface area contributed by atoms with Crippen LogP contribution in [0.25, 0.3) is 0 Å². The highest BCUT2D eigenvalue weighted by atomic mass is 35.5. The summed E-state index contributed by atoms with van der Waals surface area (Å²) in [6.07, 6.45) is 2.03. The first-order valence-corrected chi connectivity index (χ1v) is 7.14. The standard InChI is InChI=1S/C16H22N2O.ClH/c1-16(2)8-13(16)10-18-15(19)14-7-11-5-3-4-6-12(11)9-17-14;/h3-6,13-14,17H,7-10H2,1-2H3,(H,18,19);1H. The average Bonchev–Trinajstić information content (AvgIpc) is 3.03. The van der Waals surface area contributed by atoms with Gasteiger partial charge >= 0.3 is 0 Å². The van der Waals surface area contributed by atoms with Crippen LogP contribution < -0.4 is 10.6 Å². The summed E-state index contributed by atoms with van der Waals surface area (Å²) in [6, 6.07) is 8.28. The van der Waals surface area contributed by atoms with Crippen LogP contribution in [0.4, 0.5) is 0 Å². The largest absolute Gasteiger partial charge is 0.354 e. The van der Waals surface area contributed by atoms with E-state index in [9.17, 15) is 4.79 Å². The fraction of sp³-hybridized carbons (Fsp3) is 0.562. The summed E-state index contributed by atoms with van der Waals surface area (Å²) in [7, 11) is 0. The quantitative estimate of drug-likeness (QED) is 0.898. The Kier molecular flexibility index (Phi) is 4.40. The molecule has 2 atom stereocenters. The van der Waals surface area contributed by atoms with Crippen molar-refractivity contribution in [1.29, 1.82) is 0 Å². The second kappa shape index (κ2) is 5.74. The van der Waals surface area contributed by atoms with Gasteiger partial charge in [0.05, 0.1) is 6.04 Å². The molecule has 1 aliphatic heterocycles. The van der Waals surface area contributed by atoms with Crippen LogP contribution >= 0.6 is 12.4 Å². The highest BCUT2D eigenvalue weighted by Crippen LogP contribution is 2.50. The van der Waals surface area contributed by atoms with Crippen LogP contribution in [0.1, 0.15) is 31.4 Å². The summed E-state index contributed by atoms with van der Waals surface area (Å²) in [5.74, 6) is 0.810. The van der Waals surface area contributed by atoms with Crippen molar-refractivity contribution in [2.24, 2.45) is 11.3 Å². The van der Waals surface area contributed by atoms with Gasteiger partial charge in [0.2, 0.25) is 5.91 Å². The van der Waals surface area contributed by atoms with Crippen molar-refractivity contribution in [2.45, 2.75) is 39.3 Å². The molecule has 0 saturated heterocycles. The molecule has 110 valence electrons. The molecule has 2 N–H and O–H groups in total. The Morgan fingerprint density at radius 1 is 1.35 bits per heavy atom. The first-order chi connectivity index (χ1) is 9.06. The normalized spacial score (nSPS) is 26.1. The predicted molar refractivity (Wildman–Crippen MR) is 82.9 cm³/mol. The first-order valence-electron chi connectivity index (χ1n) is 7.14. The zero-order valence-corrected chi connectivity index (χ0v) is 12.9. The minimum atomic E-state index is -0.0724. The summed E-state index contributed by atoms with van der Waals surface area (Å²) < 4.78 is 0. The molecule has 1 aromatic rings. The Morgan fingerprint density at radius 3 is 2.65 bits per heavy atom. The molecule has 3 nitrogen and oxygen atoms in total. The molecule has 20 heavy (non-hydrogen) atoms. The van der Waals surface area contributed by atoms with Crippen LogP contribution in [0, 0.1) is 11.3 Å². The van der Waals surface area contributed by atoms with Crippen molar-refractivity contribution < 1.29 is 4.79 Å². The maximum Gasteiger partial charge on any atom is 0.237 e. The number of amides is 1. The monoisotopic (exact) mass is 294 g/mol. The zero-order chi connectivity index (χ0) is 13.5. The SMILES string of the molecule is CC1(C)CC1CNC(=O)C1Cc2ccccc2CN1.Cl. The molecule has 1 saturated carbocycles. The van der Waals surface area contributed by atoms with E-state index in [-0.39, 0.29) is 24.4 Å². The molecule has 0 radical (unpaired) electrons. The Hall–Kier alpha value is -1.06. The van der Waals surface area contributed by atoms with E-state index in [1.165, 1.54) is 17.5 Å². The average molecular weight is 295 g/mol. The van der Waals surface area contributed by atoms with Gasteiger partial charge in [-0.15, -0.1) is 12.4 Å². The van der Waals surface area contributed by atoms with E-state index in [2.05, 4.69) is 42.7 Å². The lowest BCUT2D eigenvalue weighted by molar-refractivity contribution is -0.123. The molecule has 1 aliphatic carbocycles. The number of carbonyl (C=O) groups is 1. The Morgan fingerprint density at radius 2 is 2.00 bits per heavy atom. The molecule has 0 spiro atoms. The molecular weight excluding hydrogens is 272 g/mol. The van der Waals surface area contributed by atoms with Crippen LogP contribution in [0.5, 0.6) is 0 Å². The van der Waals surface area contributed by atoms with Gasteiger partial charge in [-0.1, -0.05) is 38.1 Å². The number of hydrogen-bond donors (Lipinski definition) is 2. The Balaban J connectivity index is 0.00000147. The van der Waals surface area contributed by atoms with Crippen LogP contribution in [-0.2, 0) is 17.8 Å². The molecule has 4 heteroatoms. The molecule has 1 heterocycles. The number of benzene rings is 1. The molecule has 1 aromatic carbocycles. The van der Waals surface area contributed by atoms with Gasteiger partial charge in [-0.2, -0.15) is 0 Å². The van der Waals surface area contributed by atoms with Crippen molar-refractivity contribution >= 4 is 18.3 Å². The minimum Gasteiger partial charge on any atom is -0.354 e. The smallest absolute Gasteiger partial charge is 0.237 e. The molecular formula is C16H23ClN2O. The van der Waals surface area contributed by atoms with Gasteiger partial charge in [-0.3, -0.25) is 4.79 Å². The van der Waals surface area contributed by atoms with Crippen molar-refractivity contribution in [1.82, 2.24) is 10.6 Å². The zero-order valence-electron chi connectivity index (χ0n) is 12.1. The van der Waals surface area contributed by atoms with E-state index in [4.69, 9.17) is 0 Å². The van der Waals surface area contributed by atoms with E-state index < -0.39 is 0 Å². The molecule has 2 aliphatic rings. The second-order valence-electron chi connectivity index (χ2n) is 6.54. The first kappa shape index (κ1) is 15.3. The van der Waals surface area contributed by atoms with Crippen LogP contribution in [0.3, 0.4) is 0 Å². The van der Waals surface area contributed by atoms with Gasteiger partial charge < -0.3 is 10.6 Å². The van der Waals surface area contributed by atoms with E-state index in [0.29, 0.717) is 11.3 Å². The second-order valence-corrected chi connectivity index (χ2v) is 6.54. The van der Waals surface area contributed by atoms with Gasteiger partial charge in [0.1, 0.15) is 0 Å². The van der Waals surface area contributed by atoms with Gasteiger partial charge in [-0.05, 0) is 35.3 Å². The van der Waals surface area contributed by atoms with Crippen LogP contribution in [-0.4, -0.2) is 18.5 Å². The number of carbonyl (C=O) groups excluding carboxylic acids is 1. The van der Waals surface area contributed by atoms with Gasteiger partial charge in [0.15, 0.2) is 0 Å². The third-order valence-corrected chi connectivity index (χ3v) is 4.64. The molecule has 1 fully saturated rings. The number of rotatable bonds is 3. The lowest BCUT2D eigenvalue weighted by Gasteiger charge is -2.25. The highest BCUT2D eigenvalue weighted by Gasteiger charge is 2.45. The summed E-state index contributed by atoms with van der Waals surface area (Å²) in [5.41, 5.74) is 3.04. The summed E-state index contributed by atoms with van der Waals surface area (Å²) in [4.78, 5) is 12.2. The highest BCUT2D eigenvalue weighted by molar-refractivity contribution is 5.85. The van der Waals surface area contributed by atoms with Crippen molar-refractivity contribution in [2.75, 3.05) is 6.54 Å². The van der Waals surface area contributed by atoms with E-state index >= 15 is 0 Å². The number of fused-ring (bicyclic) bond motifs is 1. The maximum atomic E-state index is 12.2. The van der Waals surface area contributed by atoms with Crippen molar-refractivity contribution in [3.05, 3.63) is 35.4 Å². The van der Waals surface area contributed by atoms with E-state index in [1.807, 2.05) is 6.07 Å². The van der Waals surface area contributed by atoms with Crippen LogP contribution in [0.2, 0.25) is 0 Å². The van der Waals surface area contributed by atoms with Crippen molar-refractivity contribution in [3.63, 3.8) is 0 Å². The van der Waals surface area contributed by atoms with Crippen LogP contribution in [0.15, 0.2) is 24.3 Å². The fourth-order valence-corrected chi connectivity index (χ4v) is 2.91. The maximum absolute atomic E-state index is 12.2. The summed E-state index contributed by atoms with van der Waals surface area (Å²) in [6.45, 7) is 6.15. The fourth-order valence-electron chi connectivity index (χ4n) is 2.91. The molecule has 3 rings (SSSR count). The van der Waals surface area contributed by atoms with Crippen molar-refractivity contribution in [3.8, 4) is 0 Å². The lowest BCUT2D eigenvalue weighted by atomic mass is 9.95. The van der Waals surface area contributed by atoms with Gasteiger partial charge in [0, 0.05) is 13.1 Å². The minimum absolute atomic E-state index is 0. The lowest BCUT2D eigenvalue weighted by Crippen LogP contribution is -2.48. The molecule has 0 bridgehead atoms. The number of hydrogen-bond acceptors (Lipinski definition) is 2. The third kappa shape index (κ3) is 3.15. The number of halogens is 1. The van der Waals surface area contributed by atoms with E-state index in [1.54, 1.807) is 0 Å². The molecule has 1 amide bonds. The topological polar surface area (TPSA) is 41.1 Å². The molecule has 0 aromatic heterocycles. The van der Waals surface area contributed by atoms with Gasteiger partial charge in [-0.25, -0.2) is 0 Å². The summed E-state index contributed by atoms with van der Waals surface area (Å²) >= 11 is 0. The number of nitrogens with one attached hydrogen (secondary N) is 2. The molecule has 2 unspecified atom stereocenters. The van der Waals surface area contributed by atoms with Gasteiger partial charge in [0.25, 0.3) is 0 Å².